The molecule has 0 aliphatic rings. The quantitative estimate of drug-likeness (QED) is 0.233. The van der Waals surface area contributed by atoms with Crippen LogP contribution in [0, 0.1) is 0 Å². The van der Waals surface area contributed by atoms with Gasteiger partial charge in [0.2, 0.25) is 11.8 Å². The molecule has 43 heavy (non-hydrogen) atoms. The lowest BCUT2D eigenvalue weighted by Crippen LogP contribution is -2.52. The molecular weight excluding hydrogens is 650 g/mol. The maximum atomic E-state index is 14.0. The number of amides is 2. The number of rotatable bonds is 11. The van der Waals surface area contributed by atoms with Crippen molar-refractivity contribution in [2.45, 2.75) is 56.9 Å². The molecule has 0 saturated carbocycles. The number of carbonyl (C=O) groups is 2. The zero-order valence-electron chi connectivity index (χ0n) is 23.3. The van der Waals surface area contributed by atoms with E-state index in [0.717, 1.165) is 17.0 Å². The van der Waals surface area contributed by atoms with E-state index in [4.69, 9.17) is 34.8 Å². The van der Waals surface area contributed by atoms with E-state index in [9.17, 15) is 31.2 Å². The maximum absolute atomic E-state index is 14.0. The molecule has 2 amide bonds. The van der Waals surface area contributed by atoms with Crippen molar-refractivity contribution in [3.8, 4) is 0 Å². The smallest absolute Gasteiger partial charge is 0.352 e. The zero-order chi connectivity index (χ0) is 32.1. The Morgan fingerprint density at radius 3 is 2.16 bits per heavy atom. The molecular formula is C29H29Cl3F3N3O4S. The molecule has 0 bridgehead atoms. The number of halogens is 6. The summed E-state index contributed by atoms with van der Waals surface area (Å²) in [6, 6.07) is 12.7. The van der Waals surface area contributed by atoms with Crippen molar-refractivity contribution in [3.05, 3.63) is 92.9 Å². The maximum Gasteiger partial charge on any atom is 0.417 e. The molecule has 3 aromatic rings. The number of nitrogens with one attached hydrogen (secondary N) is 1. The second kappa shape index (κ2) is 14.2. The van der Waals surface area contributed by atoms with Crippen LogP contribution in [0.15, 0.2) is 71.6 Å². The van der Waals surface area contributed by atoms with Crippen molar-refractivity contribution < 1.29 is 31.2 Å². The topological polar surface area (TPSA) is 86.8 Å². The van der Waals surface area contributed by atoms with Gasteiger partial charge in [-0.3, -0.25) is 13.9 Å². The third-order valence-corrected chi connectivity index (χ3v) is 9.38. The van der Waals surface area contributed by atoms with Crippen molar-refractivity contribution in [2.75, 3.05) is 10.8 Å². The number of alkyl halides is 3. The average molecular weight is 679 g/mol. The predicted molar refractivity (Wildman–Crippen MR) is 162 cm³/mol. The Kier molecular flexibility index (Phi) is 11.4. The van der Waals surface area contributed by atoms with Crippen molar-refractivity contribution in [2.24, 2.45) is 0 Å². The molecule has 0 aliphatic heterocycles. The lowest BCUT2D eigenvalue weighted by molar-refractivity contribution is -0.139. The van der Waals surface area contributed by atoms with Crippen molar-refractivity contribution in [3.63, 3.8) is 0 Å². The highest BCUT2D eigenvalue weighted by atomic mass is 35.5. The summed E-state index contributed by atoms with van der Waals surface area (Å²) in [6.07, 6.45) is -4.30. The van der Waals surface area contributed by atoms with Gasteiger partial charge in [0.1, 0.15) is 12.6 Å². The lowest BCUT2D eigenvalue weighted by Gasteiger charge is -2.32. The van der Waals surface area contributed by atoms with Crippen molar-refractivity contribution in [1.82, 2.24) is 10.2 Å². The van der Waals surface area contributed by atoms with Gasteiger partial charge in [0.05, 0.1) is 21.2 Å². The van der Waals surface area contributed by atoms with Gasteiger partial charge in [0, 0.05) is 22.6 Å². The third-order valence-electron chi connectivity index (χ3n) is 6.68. The van der Waals surface area contributed by atoms with Crippen LogP contribution in [0.1, 0.15) is 38.3 Å². The molecule has 2 atom stereocenters. The first kappa shape index (κ1) is 34.5. The largest absolute Gasteiger partial charge is 0.417 e. The molecule has 1 N–H and O–H groups in total. The van der Waals surface area contributed by atoms with E-state index in [2.05, 4.69) is 5.32 Å². The molecule has 0 heterocycles. The Hall–Kier alpha value is -2.99. The second-order valence-electron chi connectivity index (χ2n) is 9.74. The fourth-order valence-electron chi connectivity index (χ4n) is 4.02. The summed E-state index contributed by atoms with van der Waals surface area (Å²) in [5.41, 5.74) is -1.32. The Balaban J connectivity index is 2.13. The predicted octanol–water partition coefficient (Wildman–Crippen LogP) is 7.19. The first-order valence-electron chi connectivity index (χ1n) is 13.0. The van der Waals surface area contributed by atoms with Crippen LogP contribution in [0.2, 0.25) is 15.1 Å². The summed E-state index contributed by atoms with van der Waals surface area (Å²) >= 11 is 18.2. The minimum absolute atomic E-state index is 0.195. The van der Waals surface area contributed by atoms with Crippen LogP contribution in [0.25, 0.3) is 0 Å². The van der Waals surface area contributed by atoms with Crippen LogP contribution in [-0.4, -0.2) is 43.8 Å². The Morgan fingerprint density at radius 2 is 1.58 bits per heavy atom. The summed E-state index contributed by atoms with van der Waals surface area (Å²) in [5, 5.41) is 2.67. The number of anilines is 1. The monoisotopic (exact) mass is 677 g/mol. The molecule has 3 rings (SSSR count). The van der Waals surface area contributed by atoms with Gasteiger partial charge in [-0.15, -0.1) is 0 Å². The number of hydrogen-bond acceptors (Lipinski definition) is 4. The molecule has 0 radical (unpaired) electrons. The van der Waals surface area contributed by atoms with E-state index >= 15 is 0 Å². The number of benzene rings is 3. The van der Waals surface area contributed by atoms with Crippen LogP contribution >= 0.6 is 34.8 Å². The number of hydrogen-bond donors (Lipinski definition) is 1. The van der Waals surface area contributed by atoms with Crippen LogP contribution in [0.5, 0.6) is 0 Å². The fourth-order valence-corrected chi connectivity index (χ4v) is 6.14. The Morgan fingerprint density at radius 1 is 0.930 bits per heavy atom. The first-order valence-corrected chi connectivity index (χ1v) is 15.6. The molecule has 7 nitrogen and oxygen atoms in total. The van der Waals surface area contributed by atoms with Gasteiger partial charge in [-0.05, 0) is 68.3 Å². The molecule has 14 heteroatoms. The van der Waals surface area contributed by atoms with Gasteiger partial charge >= 0.3 is 6.18 Å². The molecule has 3 aromatic carbocycles. The normalized spacial score (nSPS) is 13.2. The van der Waals surface area contributed by atoms with Crippen LogP contribution in [0.4, 0.5) is 18.9 Å². The van der Waals surface area contributed by atoms with E-state index in [1.54, 1.807) is 19.1 Å². The highest BCUT2D eigenvalue weighted by molar-refractivity contribution is 7.92. The molecule has 0 spiro atoms. The van der Waals surface area contributed by atoms with Gasteiger partial charge in [0.15, 0.2) is 0 Å². The van der Waals surface area contributed by atoms with Gasteiger partial charge in [-0.1, -0.05) is 66.0 Å². The summed E-state index contributed by atoms with van der Waals surface area (Å²) in [4.78, 5) is 27.9. The minimum atomic E-state index is -4.90. The second-order valence-corrected chi connectivity index (χ2v) is 12.9. The summed E-state index contributed by atoms with van der Waals surface area (Å²) < 4.78 is 69.4. The molecule has 0 fully saturated rings. The number of sulfonamides is 1. The fraction of sp³-hybridized carbons (Fsp3) is 0.310. The van der Waals surface area contributed by atoms with Gasteiger partial charge < -0.3 is 10.2 Å². The molecule has 232 valence electrons. The van der Waals surface area contributed by atoms with Crippen LogP contribution < -0.4 is 9.62 Å². The van der Waals surface area contributed by atoms with Gasteiger partial charge in [0.25, 0.3) is 10.0 Å². The zero-order valence-corrected chi connectivity index (χ0v) is 26.4. The summed E-state index contributed by atoms with van der Waals surface area (Å²) in [6.45, 7) is 3.93. The summed E-state index contributed by atoms with van der Waals surface area (Å²) in [7, 11) is -4.58. The van der Waals surface area contributed by atoms with Crippen LogP contribution in [0.3, 0.4) is 0 Å². The van der Waals surface area contributed by atoms with E-state index in [1.165, 1.54) is 43.3 Å². The summed E-state index contributed by atoms with van der Waals surface area (Å²) in [5.74, 6) is -1.39. The van der Waals surface area contributed by atoms with E-state index in [-0.39, 0.29) is 22.5 Å². The highest BCUT2D eigenvalue weighted by Crippen LogP contribution is 2.38. The highest BCUT2D eigenvalue weighted by Gasteiger charge is 2.37. The Bertz CT molecular complexity index is 1570. The average Bonchev–Trinajstić information content (AvgIpc) is 2.95. The lowest BCUT2D eigenvalue weighted by atomic mass is 10.1. The van der Waals surface area contributed by atoms with Crippen molar-refractivity contribution >= 4 is 62.3 Å². The standard InChI is InChI=1S/C29H29Cl3F3N3O4S/c1-4-18(2)36-28(40)19(3)37(16-20-10-11-21(30)14-26(20)32)27(39)17-38(43(41,42)23-8-6-5-7-9-23)22-12-13-25(31)24(15-22)29(33,34)35/h5-15,18-19H,4,16-17H2,1-3H3,(H,36,40)/t18-,19+/m1/s1. The molecule has 0 saturated heterocycles. The SMILES string of the molecule is CC[C@@H](C)NC(=O)[C@H](C)N(Cc1ccc(Cl)cc1Cl)C(=O)CN(c1ccc(Cl)c(C(F)(F)F)c1)S(=O)(=O)c1ccccc1. The third kappa shape index (κ3) is 8.56. The molecule has 0 unspecified atom stereocenters. The van der Waals surface area contributed by atoms with E-state index in [0.29, 0.717) is 27.4 Å². The van der Waals surface area contributed by atoms with Crippen molar-refractivity contribution in [1.29, 1.82) is 0 Å². The number of nitrogens with zero attached hydrogens (tertiary/aromatic N) is 2. The van der Waals surface area contributed by atoms with Gasteiger partial charge in [-0.25, -0.2) is 8.42 Å². The first-order chi connectivity index (χ1) is 20.1. The van der Waals surface area contributed by atoms with Gasteiger partial charge in [-0.2, -0.15) is 13.2 Å². The van der Waals surface area contributed by atoms with E-state index < -0.39 is 56.9 Å². The van der Waals surface area contributed by atoms with E-state index in [1.807, 2.05) is 6.92 Å². The van der Waals surface area contributed by atoms with Crippen LogP contribution in [-0.2, 0) is 32.3 Å². The molecule has 0 aliphatic carbocycles. The Labute approximate surface area is 263 Å². The minimum Gasteiger partial charge on any atom is -0.352 e. The molecule has 0 aromatic heterocycles. The number of carbonyl (C=O) groups excluding carboxylic acids is 2.